The van der Waals surface area contributed by atoms with Gasteiger partial charge in [0.2, 0.25) is 0 Å². The zero-order valence-corrected chi connectivity index (χ0v) is 27.7. The molecule has 0 aliphatic rings. The highest BCUT2D eigenvalue weighted by atomic mass is 35.5. The monoisotopic (exact) mass is 652 g/mol. The number of benzene rings is 4. The van der Waals surface area contributed by atoms with E-state index in [1.54, 1.807) is 69.3 Å². The summed E-state index contributed by atoms with van der Waals surface area (Å²) in [5, 5.41) is 19.1. The number of rotatable bonds is 10. The number of carbonyl (C=O) groups excluding carboxylic acids is 3. The van der Waals surface area contributed by atoms with Gasteiger partial charge in [0.05, 0.1) is 36.2 Å². The lowest BCUT2D eigenvalue weighted by Crippen LogP contribution is -2.28. The molecule has 3 amide bonds. The number of nitrogens with zero attached hydrogens (tertiary/aromatic N) is 1. The highest BCUT2D eigenvalue weighted by molar-refractivity contribution is 6.31. The largest absolute Gasteiger partial charge is 0.497 e. The van der Waals surface area contributed by atoms with E-state index in [2.05, 4.69) is 28.9 Å². The zero-order chi connectivity index (χ0) is 34.1. The Labute approximate surface area is 279 Å². The van der Waals surface area contributed by atoms with E-state index >= 15 is 0 Å². The Kier molecular flexibility index (Phi) is 11.2. The lowest BCUT2D eigenvalue weighted by molar-refractivity contribution is 0.0635. The van der Waals surface area contributed by atoms with Crippen molar-refractivity contribution in [3.8, 4) is 22.9 Å². The second-order valence-electron chi connectivity index (χ2n) is 11.8. The normalized spacial score (nSPS) is 11.5. The SMILES string of the molecule is CCCC(NC(=O)c1ccc(-c2cc(Cl)ccc2C(=O)Nc2cc(OC)ccc2NC(=O)OC(C)(C)C)c(C#N)c1)c1ccccc1. The minimum Gasteiger partial charge on any atom is -0.497 e. The van der Waals surface area contributed by atoms with Gasteiger partial charge in [0, 0.05) is 27.8 Å². The zero-order valence-electron chi connectivity index (χ0n) is 26.9. The Hall–Kier alpha value is -5.33. The third-order valence-electron chi connectivity index (χ3n) is 7.11. The predicted molar refractivity (Wildman–Crippen MR) is 184 cm³/mol. The minimum atomic E-state index is -0.730. The summed E-state index contributed by atoms with van der Waals surface area (Å²) in [6, 6.07) is 25.9. The first-order valence-corrected chi connectivity index (χ1v) is 15.5. The van der Waals surface area contributed by atoms with Crippen molar-refractivity contribution in [3.63, 3.8) is 0 Å². The van der Waals surface area contributed by atoms with E-state index in [4.69, 9.17) is 21.1 Å². The maximum absolute atomic E-state index is 13.8. The molecule has 1 atom stereocenters. The first-order chi connectivity index (χ1) is 22.4. The van der Waals surface area contributed by atoms with Gasteiger partial charge in [-0.2, -0.15) is 5.26 Å². The molecule has 4 aromatic rings. The van der Waals surface area contributed by atoms with Crippen molar-refractivity contribution in [2.75, 3.05) is 17.7 Å². The molecule has 0 saturated heterocycles. The van der Waals surface area contributed by atoms with Gasteiger partial charge in [0.25, 0.3) is 11.8 Å². The molecule has 0 bridgehead atoms. The van der Waals surface area contributed by atoms with Crippen LogP contribution in [-0.2, 0) is 4.74 Å². The number of nitriles is 1. The van der Waals surface area contributed by atoms with Crippen molar-refractivity contribution in [1.82, 2.24) is 5.32 Å². The Balaban J connectivity index is 1.65. The molecule has 0 fully saturated rings. The van der Waals surface area contributed by atoms with Gasteiger partial charge >= 0.3 is 6.09 Å². The number of nitrogens with one attached hydrogen (secondary N) is 3. The van der Waals surface area contributed by atoms with Gasteiger partial charge in [-0.15, -0.1) is 0 Å². The molecular weight excluding hydrogens is 616 g/mol. The number of hydrogen-bond donors (Lipinski definition) is 3. The summed E-state index contributed by atoms with van der Waals surface area (Å²) in [7, 11) is 1.48. The molecule has 0 spiro atoms. The molecule has 0 radical (unpaired) electrons. The number of hydrogen-bond acceptors (Lipinski definition) is 6. The van der Waals surface area contributed by atoms with Crippen LogP contribution in [0.1, 0.15) is 78.4 Å². The van der Waals surface area contributed by atoms with Crippen molar-refractivity contribution in [2.45, 2.75) is 52.2 Å². The maximum atomic E-state index is 13.8. The third-order valence-corrected chi connectivity index (χ3v) is 7.35. The van der Waals surface area contributed by atoms with Crippen LogP contribution in [0.5, 0.6) is 5.75 Å². The summed E-state index contributed by atoms with van der Waals surface area (Å²) in [6.45, 7) is 7.28. The maximum Gasteiger partial charge on any atom is 0.412 e. The van der Waals surface area contributed by atoms with Crippen molar-refractivity contribution in [1.29, 1.82) is 5.26 Å². The summed E-state index contributed by atoms with van der Waals surface area (Å²) in [6.07, 6.45) is 0.927. The van der Waals surface area contributed by atoms with Crippen molar-refractivity contribution in [3.05, 3.63) is 112 Å². The number of anilines is 2. The molecule has 4 aromatic carbocycles. The van der Waals surface area contributed by atoms with Crippen LogP contribution in [0.2, 0.25) is 5.02 Å². The molecule has 9 nitrogen and oxygen atoms in total. The van der Waals surface area contributed by atoms with Crippen molar-refractivity contribution < 1.29 is 23.9 Å². The predicted octanol–water partition coefficient (Wildman–Crippen LogP) is 8.76. The Bertz CT molecular complexity index is 1810. The highest BCUT2D eigenvalue weighted by Crippen LogP contribution is 2.33. The second-order valence-corrected chi connectivity index (χ2v) is 12.2. The lowest BCUT2D eigenvalue weighted by atomic mass is 9.93. The van der Waals surface area contributed by atoms with E-state index in [-0.39, 0.29) is 34.5 Å². The molecule has 0 heterocycles. The summed E-state index contributed by atoms with van der Waals surface area (Å²) < 4.78 is 10.7. The lowest BCUT2D eigenvalue weighted by Gasteiger charge is -2.21. The molecule has 0 aliphatic carbocycles. The van der Waals surface area contributed by atoms with Crippen molar-refractivity contribution >= 4 is 40.9 Å². The molecule has 3 N–H and O–H groups in total. The van der Waals surface area contributed by atoms with Crippen molar-refractivity contribution in [2.24, 2.45) is 0 Å². The van der Waals surface area contributed by atoms with Crippen LogP contribution in [0.3, 0.4) is 0 Å². The smallest absolute Gasteiger partial charge is 0.412 e. The van der Waals surface area contributed by atoms with E-state index in [1.165, 1.54) is 13.2 Å². The standard InChI is InChI=1S/C37H37ClN4O5/c1-6-10-31(23-11-8-7-9-12-23)40-34(43)24-13-16-28(25(19-24)22-39)30-20-26(38)14-17-29(30)35(44)41-33-21-27(46-5)15-18-32(33)42-36(45)47-37(2,3)4/h7-9,11-21,31H,6,10H2,1-5H3,(H,40,43)(H,41,44)(H,42,45). The van der Waals surface area contributed by atoms with Gasteiger partial charge in [-0.05, 0) is 80.8 Å². The number of carbonyl (C=O) groups is 3. The third kappa shape index (κ3) is 9.12. The molecule has 47 heavy (non-hydrogen) atoms. The van der Waals surface area contributed by atoms with Crippen LogP contribution in [0.15, 0.2) is 84.9 Å². The van der Waals surface area contributed by atoms with Crippen LogP contribution in [0.4, 0.5) is 16.2 Å². The van der Waals surface area contributed by atoms with Gasteiger partial charge in [0.1, 0.15) is 11.4 Å². The molecule has 1 unspecified atom stereocenters. The van der Waals surface area contributed by atoms with Gasteiger partial charge < -0.3 is 20.1 Å². The molecule has 0 saturated carbocycles. The van der Waals surface area contributed by atoms with Crippen LogP contribution in [-0.4, -0.2) is 30.6 Å². The second kappa shape index (κ2) is 15.3. The molecule has 4 rings (SSSR count). The van der Waals surface area contributed by atoms with Gasteiger partial charge in [-0.3, -0.25) is 14.9 Å². The quantitative estimate of drug-likeness (QED) is 0.157. The number of halogens is 1. The van der Waals surface area contributed by atoms with E-state index in [9.17, 15) is 19.6 Å². The van der Waals surface area contributed by atoms with Gasteiger partial charge in [-0.25, -0.2) is 4.79 Å². The average molecular weight is 653 g/mol. The molecule has 242 valence electrons. The fraction of sp³-hybridized carbons (Fsp3) is 0.243. The molecule has 0 aromatic heterocycles. The van der Waals surface area contributed by atoms with Crippen LogP contribution in [0.25, 0.3) is 11.1 Å². The fourth-order valence-electron chi connectivity index (χ4n) is 4.95. The Morgan fingerprint density at radius 3 is 2.28 bits per heavy atom. The van der Waals surface area contributed by atoms with Gasteiger partial charge in [-0.1, -0.05) is 61.3 Å². The summed E-state index contributed by atoms with van der Waals surface area (Å²) >= 11 is 6.37. The van der Waals surface area contributed by atoms with Crippen LogP contribution < -0.4 is 20.7 Å². The van der Waals surface area contributed by atoms with Crippen LogP contribution >= 0.6 is 11.6 Å². The van der Waals surface area contributed by atoms with Gasteiger partial charge in [0.15, 0.2) is 0 Å². The van der Waals surface area contributed by atoms with E-state index in [0.29, 0.717) is 27.5 Å². The Morgan fingerprint density at radius 1 is 0.872 bits per heavy atom. The average Bonchev–Trinajstić information content (AvgIpc) is 3.04. The first kappa shape index (κ1) is 34.5. The molecular formula is C37H37ClN4O5. The number of ether oxygens (including phenoxy) is 2. The molecule has 0 aliphatic heterocycles. The fourth-order valence-corrected chi connectivity index (χ4v) is 5.13. The summed E-state index contributed by atoms with van der Waals surface area (Å²) in [5.74, 6) is -0.406. The Morgan fingerprint density at radius 2 is 1.62 bits per heavy atom. The summed E-state index contributed by atoms with van der Waals surface area (Å²) in [5.41, 5.74) is 2.32. The number of methoxy groups -OCH3 is 1. The highest BCUT2D eigenvalue weighted by Gasteiger charge is 2.22. The van der Waals surface area contributed by atoms with E-state index in [0.717, 1.165) is 18.4 Å². The first-order valence-electron chi connectivity index (χ1n) is 15.1. The topological polar surface area (TPSA) is 130 Å². The van der Waals surface area contributed by atoms with Crippen LogP contribution in [0, 0.1) is 11.3 Å². The minimum absolute atomic E-state index is 0.187. The number of amides is 3. The van der Waals surface area contributed by atoms with E-state index < -0.39 is 17.6 Å². The van der Waals surface area contributed by atoms with E-state index in [1.807, 2.05) is 30.3 Å². The summed E-state index contributed by atoms with van der Waals surface area (Å²) in [4.78, 5) is 39.7. The molecule has 10 heteroatoms.